The third-order valence-corrected chi connectivity index (χ3v) is 1.83. The Morgan fingerprint density at radius 1 is 1.79 bits per heavy atom. The molecule has 1 heterocycles. The van der Waals surface area contributed by atoms with Crippen LogP contribution >= 0.6 is 0 Å². The minimum Gasteiger partial charge on any atom is -0.478 e. The number of hydrogen-bond acceptors (Lipinski definition) is 4. The van der Waals surface area contributed by atoms with E-state index in [0.717, 1.165) is 0 Å². The number of rotatable bonds is 4. The Morgan fingerprint density at radius 3 is 3.07 bits per heavy atom. The zero-order valence-corrected chi connectivity index (χ0v) is 7.80. The highest BCUT2D eigenvalue weighted by Gasteiger charge is 2.15. The van der Waals surface area contributed by atoms with Gasteiger partial charge in [-0.3, -0.25) is 4.98 Å². The molecule has 0 spiro atoms. The van der Waals surface area contributed by atoms with Crippen molar-refractivity contribution in [2.75, 3.05) is 13.7 Å². The molecule has 1 aromatic rings. The fourth-order valence-corrected chi connectivity index (χ4v) is 1.17. The van der Waals surface area contributed by atoms with Gasteiger partial charge in [0.15, 0.2) is 0 Å². The van der Waals surface area contributed by atoms with E-state index in [2.05, 4.69) is 4.98 Å². The number of nitrogens with zero attached hydrogens (tertiary/aromatic N) is 1. The summed E-state index contributed by atoms with van der Waals surface area (Å²) in [5.74, 6) is -1.01. The maximum atomic E-state index is 10.8. The van der Waals surface area contributed by atoms with E-state index in [9.17, 15) is 4.79 Å². The lowest BCUT2D eigenvalue weighted by Gasteiger charge is -2.12. The summed E-state index contributed by atoms with van der Waals surface area (Å²) in [6.07, 6.45) is 2.87. The largest absolute Gasteiger partial charge is 0.478 e. The van der Waals surface area contributed by atoms with Crippen molar-refractivity contribution < 1.29 is 14.6 Å². The molecule has 14 heavy (non-hydrogen) atoms. The first-order chi connectivity index (χ1) is 6.66. The normalized spacial score (nSPS) is 12.4. The predicted octanol–water partition coefficient (Wildman–Crippen LogP) is 0.426. The van der Waals surface area contributed by atoms with E-state index in [0.29, 0.717) is 5.56 Å². The van der Waals surface area contributed by atoms with Gasteiger partial charge < -0.3 is 15.6 Å². The highest BCUT2D eigenvalue weighted by atomic mass is 16.5. The second kappa shape index (κ2) is 4.69. The first-order valence-corrected chi connectivity index (χ1v) is 4.08. The highest BCUT2D eigenvalue weighted by Crippen LogP contribution is 2.14. The fraction of sp³-hybridized carbons (Fsp3) is 0.333. The van der Waals surface area contributed by atoms with Crippen LogP contribution in [0.5, 0.6) is 0 Å². The van der Waals surface area contributed by atoms with E-state index >= 15 is 0 Å². The summed E-state index contributed by atoms with van der Waals surface area (Å²) in [4.78, 5) is 14.6. The van der Waals surface area contributed by atoms with Crippen molar-refractivity contribution in [3.8, 4) is 0 Å². The van der Waals surface area contributed by atoms with E-state index in [1.807, 2.05) is 0 Å². The second-order valence-electron chi connectivity index (χ2n) is 2.83. The fourth-order valence-electron chi connectivity index (χ4n) is 1.17. The Hall–Kier alpha value is -1.46. The van der Waals surface area contributed by atoms with Crippen LogP contribution in [0.4, 0.5) is 0 Å². The van der Waals surface area contributed by atoms with Crippen LogP contribution in [0, 0.1) is 0 Å². The first kappa shape index (κ1) is 10.6. The van der Waals surface area contributed by atoms with Gasteiger partial charge in [0.25, 0.3) is 0 Å². The number of ether oxygens (including phenoxy) is 1. The van der Waals surface area contributed by atoms with E-state index < -0.39 is 12.0 Å². The van der Waals surface area contributed by atoms with Crippen LogP contribution in [0.3, 0.4) is 0 Å². The minimum atomic E-state index is -1.01. The van der Waals surface area contributed by atoms with Gasteiger partial charge in [0, 0.05) is 25.1 Å². The molecule has 0 aliphatic rings. The lowest BCUT2D eigenvalue weighted by Crippen LogP contribution is -2.19. The molecule has 5 heteroatoms. The van der Waals surface area contributed by atoms with Crippen LogP contribution in [-0.2, 0) is 4.74 Å². The molecule has 5 nitrogen and oxygen atoms in total. The van der Waals surface area contributed by atoms with E-state index in [-0.39, 0.29) is 12.2 Å². The molecular formula is C9H12N2O3. The number of carboxylic acid groups (broad SMARTS) is 1. The van der Waals surface area contributed by atoms with Gasteiger partial charge in [0.2, 0.25) is 0 Å². The highest BCUT2D eigenvalue weighted by molar-refractivity contribution is 5.89. The van der Waals surface area contributed by atoms with Gasteiger partial charge in [-0.1, -0.05) is 0 Å². The molecule has 3 N–H and O–H groups in total. The SMILES string of the molecule is COCC(N)c1cnccc1C(=O)O. The van der Waals surface area contributed by atoms with Crippen molar-refractivity contribution in [1.29, 1.82) is 0 Å². The molecule has 0 fully saturated rings. The Balaban J connectivity index is 3.00. The number of hydrogen-bond donors (Lipinski definition) is 2. The van der Waals surface area contributed by atoms with Gasteiger partial charge in [-0.25, -0.2) is 4.79 Å². The summed E-state index contributed by atoms with van der Waals surface area (Å²) < 4.78 is 4.85. The van der Waals surface area contributed by atoms with Gasteiger partial charge >= 0.3 is 5.97 Å². The molecule has 0 radical (unpaired) electrons. The third kappa shape index (κ3) is 2.27. The molecule has 1 unspecified atom stereocenters. The Morgan fingerprint density at radius 2 is 2.50 bits per heavy atom. The smallest absolute Gasteiger partial charge is 0.336 e. The summed E-state index contributed by atoms with van der Waals surface area (Å²) in [6.45, 7) is 0.270. The van der Waals surface area contributed by atoms with E-state index in [1.54, 1.807) is 0 Å². The molecule has 0 aliphatic carbocycles. The maximum absolute atomic E-state index is 10.8. The maximum Gasteiger partial charge on any atom is 0.336 e. The zero-order chi connectivity index (χ0) is 10.6. The number of aromatic carboxylic acids is 1. The average Bonchev–Trinajstić information content (AvgIpc) is 2.18. The molecule has 0 aliphatic heterocycles. The van der Waals surface area contributed by atoms with Crippen LogP contribution in [0.15, 0.2) is 18.5 Å². The molecule has 0 aromatic carbocycles. The number of methoxy groups -OCH3 is 1. The van der Waals surface area contributed by atoms with Crippen molar-refractivity contribution in [2.24, 2.45) is 5.73 Å². The van der Waals surface area contributed by atoms with Crippen molar-refractivity contribution in [1.82, 2.24) is 4.98 Å². The van der Waals surface area contributed by atoms with Crippen LogP contribution in [0.2, 0.25) is 0 Å². The number of nitrogens with two attached hydrogens (primary N) is 1. The van der Waals surface area contributed by atoms with Crippen LogP contribution in [0.25, 0.3) is 0 Å². The molecule has 1 aromatic heterocycles. The zero-order valence-electron chi connectivity index (χ0n) is 7.80. The number of aromatic nitrogens is 1. The van der Waals surface area contributed by atoms with Crippen molar-refractivity contribution in [3.63, 3.8) is 0 Å². The Kier molecular flexibility index (Phi) is 3.55. The van der Waals surface area contributed by atoms with Crippen molar-refractivity contribution in [3.05, 3.63) is 29.6 Å². The summed E-state index contributed by atoms with van der Waals surface area (Å²) in [5.41, 5.74) is 6.37. The quantitative estimate of drug-likeness (QED) is 0.729. The lowest BCUT2D eigenvalue weighted by molar-refractivity contribution is 0.0694. The molecule has 0 amide bonds. The van der Waals surface area contributed by atoms with Gasteiger partial charge in [-0.15, -0.1) is 0 Å². The Labute approximate surface area is 81.5 Å². The summed E-state index contributed by atoms with van der Waals surface area (Å²) in [6, 6.07) is 0.965. The average molecular weight is 196 g/mol. The molecule has 0 bridgehead atoms. The number of carbonyl (C=O) groups is 1. The van der Waals surface area contributed by atoms with Crippen LogP contribution in [-0.4, -0.2) is 29.8 Å². The molecule has 0 saturated carbocycles. The standard InChI is InChI=1S/C9H12N2O3/c1-14-5-8(10)7-4-11-3-2-6(7)9(12)13/h2-4,8H,5,10H2,1H3,(H,12,13). The molecule has 0 saturated heterocycles. The summed E-state index contributed by atoms with van der Waals surface area (Å²) in [7, 11) is 1.51. The van der Waals surface area contributed by atoms with E-state index in [4.69, 9.17) is 15.6 Å². The van der Waals surface area contributed by atoms with Gasteiger partial charge in [-0.2, -0.15) is 0 Å². The van der Waals surface area contributed by atoms with Crippen LogP contribution < -0.4 is 5.73 Å². The lowest BCUT2D eigenvalue weighted by atomic mass is 10.0. The first-order valence-electron chi connectivity index (χ1n) is 4.08. The summed E-state index contributed by atoms with van der Waals surface area (Å²) >= 11 is 0. The summed E-state index contributed by atoms with van der Waals surface area (Å²) in [5, 5.41) is 8.86. The van der Waals surface area contributed by atoms with Gasteiger partial charge in [-0.05, 0) is 6.07 Å². The monoisotopic (exact) mass is 196 g/mol. The van der Waals surface area contributed by atoms with E-state index in [1.165, 1.54) is 25.6 Å². The minimum absolute atomic E-state index is 0.171. The number of pyridine rings is 1. The topological polar surface area (TPSA) is 85.4 Å². The Bertz CT molecular complexity index is 328. The predicted molar refractivity (Wildman–Crippen MR) is 50.0 cm³/mol. The second-order valence-corrected chi connectivity index (χ2v) is 2.83. The molecule has 1 rings (SSSR count). The van der Waals surface area contributed by atoms with Gasteiger partial charge in [0.05, 0.1) is 18.2 Å². The van der Waals surface area contributed by atoms with Crippen molar-refractivity contribution in [2.45, 2.75) is 6.04 Å². The van der Waals surface area contributed by atoms with Crippen molar-refractivity contribution >= 4 is 5.97 Å². The number of carboxylic acids is 1. The third-order valence-electron chi connectivity index (χ3n) is 1.83. The van der Waals surface area contributed by atoms with Crippen LogP contribution in [0.1, 0.15) is 22.0 Å². The molecule has 76 valence electrons. The molecular weight excluding hydrogens is 184 g/mol. The van der Waals surface area contributed by atoms with Gasteiger partial charge in [0.1, 0.15) is 0 Å². The molecule has 1 atom stereocenters.